The lowest BCUT2D eigenvalue weighted by Crippen LogP contribution is -2.41. The summed E-state index contributed by atoms with van der Waals surface area (Å²) in [6.45, 7) is 3.65. The molecular weight excluding hydrogens is 386 g/mol. The van der Waals surface area contributed by atoms with Crippen LogP contribution >= 0.6 is 12.2 Å². The first-order valence-corrected chi connectivity index (χ1v) is 9.98. The molecule has 0 amide bonds. The van der Waals surface area contributed by atoms with Gasteiger partial charge in [0.15, 0.2) is 5.11 Å². The smallest absolute Gasteiger partial charge is 0.253 e. The molecule has 0 spiro atoms. The van der Waals surface area contributed by atoms with Crippen molar-refractivity contribution in [1.29, 1.82) is 0 Å². The van der Waals surface area contributed by atoms with Gasteiger partial charge in [-0.25, -0.2) is 0 Å². The van der Waals surface area contributed by atoms with Crippen molar-refractivity contribution in [3.8, 4) is 5.75 Å². The Labute approximate surface area is 175 Å². The summed E-state index contributed by atoms with van der Waals surface area (Å²) in [6.07, 6.45) is 0. The lowest BCUT2D eigenvalue weighted by molar-refractivity contribution is 0.245. The maximum absolute atomic E-state index is 12.5. The summed E-state index contributed by atoms with van der Waals surface area (Å²) in [5.41, 5.74) is 2.26. The Morgan fingerprint density at radius 1 is 1.21 bits per heavy atom. The number of H-pyrrole nitrogens is 1. The molecule has 6 nitrogen and oxygen atoms in total. The minimum Gasteiger partial charge on any atom is -0.494 e. The summed E-state index contributed by atoms with van der Waals surface area (Å²) in [5, 5.41) is 14.0. The van der Waals surface area contributed by atoms with Gasteiger partial charge in [0, 0.05) is 29.6 Å². The Hall–Kier alpha value is -2.90. The fraction of sp³-hybridized carbons (Fsp3) is 0.273. The zero-order valence-corrected chi connectivity index (χ0v) is 17.2. The van der Waals surface area contributed by atoms with E-state index >= 15 is 0 Å². The van der Waals surface area contributed by atoms with E-state index in [0.717, 1.165) is 22.2 Å². The maximum atomic E-state index is 12.5. The second-order valence-electron chi connectivity index (χ2n) is 6.60. The van der Waals surface area contributed by atoms with Crippen molar-refractivity contribution >= 4 is 28.2 Å². The van der Waals surface area contributed by atoms with Crippen molar-refractivity contribution in [2.75, 3.05) is 19.8 Å². The van der Waals surface area contributed by atoms with Crippen molar-refractivity contribution in [1.82, 2.24) is 15.2 Å². The van der Waals surface area contributed by atoms with Crippen LogP contribution in [0.15, 0.2) is 59.4 Å². The second-order valence-corrected chi connectivity index (χ2v) is 6.98. The zero-order chi connectivity index (χ0) is 20.6. The number of nitrogens with one attached hydrogen (secondary N) is 2. The topological polar surface area (TPSA) is 77.6 Å². The number of rotatable bonds is 8. The number of fused-ring (bicyclic) bond motifs is 1. The summed E-state index contributed by atoms with van der Waals surface area (Å²) >= 11 is 5.51. The largest absolute Gasteiger partial charge is 0.494 e. The number of hydrogen-bond donors (Lipinski definition) is 3. The number of aromatic amines is 1. The van der Waals surface area contributed by atoms with Crippen LogP contribution in [0.5, 0.6) is 5.75 Å². The lowest BCUT2D eigenvalue weighted by atomic mass is 10.1. The first-order valence-electron chi connectivity index (χ1n) is 9.57. The minimum atomic E-state index is -0.171. The number of aromatic nitrogens is 1. The molecular formula is C22H25N3O3S. The molecule has 0 aliphatic rings. The molecule has 0 atom stereocenters. The summed E-state index contributed by atoms with van der Waals surface area (Å²) in [7, 11) is 0. The van der Waals surface area contributed by atoms with Gasteiger partial charge < -0.3 is 25.0 Å². The van der Waals surface area contributed by atoms with Crippen LogP contribution in [0.2, 0.25) is 0 Å². The monoisotopic (exact) mass is 411 g/mol. The number of ether oxygens (including phenoxy) is 1. The average Bonchev–Trinajstić information content (AvgIpc) is 2.73. The van der Waals surface area contributed by atoms with Crippen LogP contribution in [0, 0.1) is 0 Å². The molecule has 7 heteroatoms. The molecule has 0 aliphatic carbocycles. The average molecular weight is 412 g/mol. The maximum Gasteiger partial charge on any atom is 0.253 e. The Bertz CT molecular complexity index is 1020. The zero-order valence-electron chi connectivity index (χ0n) is 16.4. The Morgan fingerprint density at radius 3 is 2.72 bits per heavy atom. The minimum absolute atomic E-state index is 0.0624. The van der Waals surface area contributed by atoms with Crippen LogP contribution in [0.4, 0.5) is 0 Å². The molecule has 1 heterocycles. The highest BCUT2D eigenvalue weighted by atomic mass is 32.1. The van der Waals surface area contributed by atoms with Gasteiger partial charge in [-0.2, -0.15) is 0 Å². The Morgan fingerprint density at radius 2 is 2.00 bits per heavy atom. The molecule has 0 bridgehead atoms. The third-order valence-electron chi connectivity index (χ3n) is 4.51. The molecule has 2 aromatic carbocycles. The standard InChI is InChI=1S/C22H25N3O3S/c1-2-28-19-8-9-20-17(13-19)12-18(21(27)24-20)15-25(10-11-26)22(29)23-14-16-6-4-3-5-7-16/h3-9,12-13,26H,2,10-11,14-15H2,1H3,(H,23,29)(H,24,27). The van der Waals surface area contributed by atoms with Crippen molar-refractivity contribution in [2.24, 2.45) is 0 Å². The summed E-state index contributed by atoms with van der Waals surface area (Å²) < 4.78 is 5.55. The van der Waals surface area contributed by atoms with Crippen LogP contribution in [0.3, 0.4) is 0 Å². The summed E-state index contributed by atoms with van der Waals surface area (Å²) in [5.74, 6) is 0.755. The van der Waals surface area contributed by atoms with Gasteiger partial charge in [0.1, 0.15) is 5.75 Å². The molecule has 29 heavy (non-hydrogen) atoms. The molecule has 0 radical (unpaired) electrons. The van der Waals surface area contributed by atoms with Crippen molar-refractivity contribution < 1.29 is 9.84 Å². The van der Waals surface area contributed by atoms with E-state index in [2.05, 4.69) is 10.3 Å². The molecule has 152 valence electrons. The number of nitrogens with zero attached hydrogens (tertiary/aromatic N) is 1. The van der Waals surface area contributed by atoms with Gasteiger partial charge in [-0.1, -0.05) is 30.3 Å². The van der Waals surface area contributed by atoms with E-state index in [9.17, 15) is 9.90 Å². The SMILES string of the molecule is CCOc1ccc2[nH]c(=O)c(CN(CCO)C(=S)NCc3ccccc3)cc2c1. The van der Waals surface area contributed by atoms with E-state index in [1.807, 2.05) is 61.5 Å². The molecule has 1 aromatic heterocycles. The number of pyridine rings is 1. The van der Waals surface area contributed by atoms with Gasteiger partial charge >= 0.3 is 0 Å². The fourth-order valence-corrected chi connectivity index (χ4v) is 3.30. The highest BCUT2D eigenvalue weighted by Gasteiger charge is 2.13. The van der Waals surface area contributed by atoms with Gasteiger partial charge in [-0.15, -0.1) is 0 Å². The highest BCUT2D eigenvalue weighted by molar-refractivity contribution is 7.80. The molecule has 3 N–H and O–H groups in total. The lowest BCUT2D eigenvalue weighted by Gasteiger charge is -2.25. The van der Waals surface area contributed by atoms with Gasteiger partial charge in [0.25, 0.3) is 5.56 Å². The number of benzene rings is 2. The van der Waals surface area contributed by atoms with E-state index in [1.54, 1.807) is 4.90 Å². The molecule has 3 aromatic rings. The highest BCUT2D eigenvalue weighted by Crippen LogP contribution is 2.19. The number of aliphatic hydroxyl groups excluding tert-OH is 1. The third kappa shape index (κ3) is 5.56. The van der Waals surface area contributed by atoms with Gasteiger partial charge in [-0.05, 0) is 49.0 Å². The van der Waals surface area contributed by atoms with E-state index in [1.165, 1.54) is 0 Å². The van der Waals surface area contributed by atoms with Crippen LogP contribution in [-0.4, -0.2) is 39.9 Å². The molecule has 0 saturated heterocycles. The molecule has 3 rings (SSSR count). The van der Waals surface area contributed by atoms with Crippen LogP contribution < -0.4 is 15.6 Å². The van der Waals surface area contributed by atoms with Crippen LogP contribution in [-0.2, 0) is 13.1 Å². The predicted molar refractivity (Wildman–Crippen MR) is 119 cm³/mol. The summed E-state index contributed by atoms with van der Waals surface area (Å²) in [4.78, 5) is 17.2. The van der Waals surface area contributed by atoms with Gasteiger partial charge in [0.2, 0.25) is 0 Å². The Kier molecular flexibility index (Phi) is 7.21. The van der Waals surface area contributed by atoms with Crippen molar-refractivity contribution in [3.63, 3.8) is 0 Å². The molecule has 0 unspecified atom stereocenters. The fourth-order valence-electron chi connectivity index (χ4n) is 3.07. The predicted octanol–water partition coefficient (Wildman–Crippen LogP) is 2.80. The van der Waals surface area contributed by atoms with Crippen LogP contribution in [0.1, 0.15) is 18.1 Å². The van der Waals surface area contributed by atoms with Crippen LogP contribution in [0.25, 0.3) is 10.9 Å². The van der Waals surface area contributed by atoms with Crippen molar-refractivity contribution in [3.05, 3.63) is 76.1 Å². The normalized spacial score (nSPS) is 10.7. The molecule has 0 aliphatic heterocycles. The van der Waals surface area contributed by atoms with E-state index < -0.39 is 0 Å². The van der Waals surface area contributed by atoms with Crippen molar-refractivity contribution in [2.45, 2.75) is 20.0 Å². The van der Waals surface area contributed by atoms with E-state index in [0.29, 0.717) is 36.9 Å². The first-order chi connectivity index (χ1) is 14.1. The molecule has 0 saturated carbocycles. The van der Waals surface area contributed by atoms with E-state index in [4.69, 9.17) is 17.0 Å². The number of thiocarbonyl (C=S) groups is 1. The molecule has 0 fully saturated rings. The third-order valence-corrected chi connectivity index (χ3v) is 4.91. The number of hydrogen-bond acceptors (Lipinski definition) is 4. The first kappa shape index (κ1) is 20.8. The summed E-state index contributed by atoms with van der Waals surface area (Å²) in [6, 6.07) is 17.3. The van der Waals surface area contributed by atoms with Gasteiger partial charge in [-0.3, -0.25) is 4.79 Å². The van der Waals surface area contributed by atoms with E-state index in [-0.39, 0.29) is 12.2 Å². The Balaban J connectivity index is 1.78. The number of aliphatic hydroxyl groups is 1. The van der Waals surface area contributed by atoms with Gasteiger partial charge in [0.05, 0.1) is 19.8 Å². The quantitative estimate of drug-likeness (QED) is 0.495. The second kappa shape index (κ2) is 10.0.